The summed E-state index contributed by atoms with van der Waals surface area (Å²) in [4.78, 5) is 16.3. The highest BCUT2D eigenvalue weighted by Gasteiger charge is 2.47. The van der Waals surface area contributed by atoms with E-state index >= 15 is 0 Å². The largest absolute Gasteiger partial charge is 0.417 e. The van der Waals surface area contributed by atoms with Crippen LogP contribution in [0.2, 0.25) is 0 Å². The first-order valence-corrected chi connectivity index (χ1v) is 9.10. The minimum atomic E-state index is -4.66. The van der Waals surface area contributed by atoms with E-state index in [1.54, 1.807) is 23.2 Å². The number of aromatic nitrogens is 2. The van der Waals surface area contributed by atoms with Crippen molar-refractivity contribution in [1.82, 2.24) is 15.1 Å². The molecule has 2 atom stereocenters. The van der Waals surface area contributed by atoms with Crippen LogP contribution in [-0.4, -0.2) is 33.2 Å². The summed E-state index contributed by atoms with van der Waals surface area (Å²) in [5.41, 5.74) is -0.581. The SMILES string of the molecule is N#Cc1ccc(N2C(=O)N(Cc3cc[nH]n3)C3CCCCC32)cc1C(F)(F)F. The topological polar surface area (TPSA) is 76.0 Å². The van der Waals surface area contributed by atoms with Crippen molar-refractivity contribution in [3.05, 3.63) is 47.3 Å². The number of nitrogens with one attached hydrogen (secondary N) is 1. The maximum absolute atomic E-state index is 13.4. The van der Waals surface area contributed by atoms with Gasteiger partial charge in [0, 0.05) is 11.9 Å². The lowest BCUT2D eigenvalue weighted by molar-refractivity contribution is -0.137. The quantitative estimate of drug-likeness (QED) is 0.860. The van der Waals surface area contributed by atoms with Gasteiger partial charge in [-0.15, -0.1) is 0 Å². The van der Waals surface area contributed by atoms with Gasteiger partial charge >= 0.3 is 12.2 Å². The van der Waals surface area contributed by atoms with E-state index in [1.165, 1.54) is 11.0 Å². The number of hydrogen-bond acceptors (Lipinski definition) is 3. The van der Waals surface area contributed by atoms with Gasteiger partial charge in [0.05, 0.1) is 41.5 Å². The Morgan fingerprint density at radius 1 is 1.21 bits per heavy atom. The molecule has 28 heavy (non-hydrogen) atoms. The second-order valence-corrected chi connectivity index (χ2v) is 7.10. The zero-order valence-electron chi connectivity index (χ0n) is 14.9. The van der Waals surface area contributed by atoms with E-state index in [0.717, 1.165) is 37.8 Å². The number of rotatable bonds is 3. The second-order valence-electron chi connectivity index (χ2n) is 7.10. The molecule has 2 fully saturated rings. The summed E-state index contributed by atoms with van der Waals surface area (Å²) >= 11 is 0. The van der Waals surface area contributed by atoms with Crippen LogP contribution in [0.1, 0.15) is 42.5 Å². The monoisotopic (exact) mass is 389 g/mol. The summed E-state index contributed by atoms with van der Waals surface area (Å²) in [5, 5.41) is 15.8. The minimum Gasteiger partial charge on any atom is -0.313 e. The third-order valence-corrected chi connectivity index (χ3v) is 5.48. The Bertz CT molecular complexity index is 919. The van der Waals surface area contributed by atoms with Crippen LogP contribution in [0.4, 0.5) is 23.7 Å². The number of benzene rings is 1. The number of H-pyrrole nitrogens is 1. The van der Waals surface area contributed by atoms with Gasteiger partial charge in [0.1, 0.15) is 0 Å². The van der Waals surface area contributed by atoms with Crippen LogP contribution in [0.5, 0.6) is 0 Å². The molecule has 1 saturated carbocycles. The highest BCUT2D eigenvalue weighted by molar-refractivity contribution is 5.95. The lowest BCUT2D eigenvalue weighted by Crippen LogP contribution is -2.39. The number of nitriles is 1. The molecule has 146 valence electrons. The highest BCUT2D eigenvalue weighted by Crippen LogP contribution is 2.40. The molecule has 1 aliphatic heterocycles. The first-order valence-electron chi connectivity index (χ1n) is 9.10. The van der Waals surface area contributed by atoms with Crippen molar-refractivity contribution in [3.8, 4) is 6.07 Å². The minimum absolute atomic E-state index is 0.0667. The zero-order chi connectivity index (χ0) is 19.9. The number of alkyl halides is 3. The van der Waals surface area contributed by atoms with Crippen LogP contribution in [0.3, 0.4) is 0 Å². The summed E-state index contributed by atoms with van der Waals surface area (Å²) in [6.07, 6.45) is 0.436. The van der Waals surface area contributed by atoms with Crippen molar-refractivity contribution < 1.29 is 18.0 Å². The van der Waals surface area contributed by atoms with Crippen LogP contribution in [0.15, 0.2) is 30.5 Å². The Kier molecular flexibility index (Phi) is 4.49. The molecule has 0 radical (unpaired) electrons. The van der Waals surface area contributed by atoms with Gasteiger partial charge in [0.2, 0.25) is 0 Å². The van der Waals surface area contributed by atoms with Gasteiger partial charge in [0.25, 0.3) is 0 Å². The Balaban J connectivity index is 1.72. The first-order chi connectivity index (χ1) is 13.4. The smallest absolute Gasteiger partial charge is 0.313 e. The van der Waals surface area contributed by atoms with E-state index in [9.17, 15) is 18.0 Å². The van der Waals surface area contributed by atoms with Crippen molar-refractivity contribution in [2.45, 2.75) is 50.5 Å². The summed E-state index contributed by atoms with van der Waals surface area (Å²) in [6, 6.07) is 6.26. The van der Waals surface area contributed by atoms with E-state index in [1.807, 2.05) is 0 Å². The number of nitrogens with zero attached hydrogens (tertiary/aromatic N) is 4. The summed E-state index contributed by atoms with van der Waals surface area (Å²) in [6.45, 7) is 0.308. The molecule has 2 amide bonds. The molecule has 1 aromatic carbocycles. The fourth-order valence-electron chi connectivity index (χ4n) is 4.23. The zero-order valence-corrected chi connectivity index (χ0v) is 14.9. The fraction of sp³-hybridized carbons (Fsp3) is 0.421. The molecule has 2 aliphatic rings. The summed E-state index contributed by atoms with van der Waals surface area (Å²) < 4.78 is 40.2. The van der Waals surface area contributed by atoms with Gasteiger partial charge in [-0.2, -0.15) is 23.5 Å². The number of fused-ring (bicyclic) bond motifs is 1. The Morgan fingerprint density at radius 3 is 2.61 bits per heavy atom. The van der Waals surface area contributed by atoms with Crippen LogP contribution >= 0.6 is 0 Å². The van der Waals surface area contributed by atoms with Gasteiger partial charge < -0.3 is 4.90 Å². The van der Waals surface area contributed by atoms with Crippen molar-refractivity contribution >= 4 is 11.7 Å². The summed E-state index contributed by atoms with van der Waals surface area (Å²) in [5.74, 6) is 0. The molecule has 4 rings (SSSR count). The fourth-order valence-corrected chi connectivity index (χ4v) is 4.23. The number of hydrogen-bond donors (Lipinski definition) is 1. The molecule has 0 spiro atoms. The molecule has 2 aromatic rings. The Labute approximate surface area is 159 Å². The van der Waals surface area contributed by atoms with E-state index in [2.05, 4.69) is 10.2 Å². The average Bonchev–Trinajstić information content (AvgIpc) is 3.28. The van der Waals surface area contributed by atoms with Crippen molar-refractivity contribution in [1.29, 1.82) is 5.26 Å². The lowest BCUT2D eigenvalue weighted by atomic mass is 9.90. The van der Waals surface area contributed by atoms with Crippen molar-refractivity contribution in [3.63, 3.8) is 0 Å². The number of amides is 2. The second kappa shape index (κ2) is 6.86. The normalized spacial score (nSPS) is 22.3. The molecule has 9 heteroatoms. The van der Waals surface area contributed by atoms with Gasteiger partial charge in [0.15, 0.2) is 0 Å². The summed E-state index contributed by atoms with van der Waals surface area (Å²) in [7, 11) is 0. The van der Waals surface area contributed by atoms with E-state index in [-0.39, 0.29) is 23.8 Å². The molecule has 2 heterocycles. The van der Waals surface area contributed by atoms with Crippen LogP contribution in [0.25, 0.3) is 0 Å². The Hall–Kier alpha value is -3.02. The third kappa shape index (κ3) is 3.09. The molecule has 1 N–H and O–H groups in total. The van der Waals surface area contributed by atoms with Crippen molar-refractivity contribution in [2.75, 3.05) is 4.90 Å². The predicted molar refractivity (Wildman–Crippen MR) is 94.2 cm³/mol. The number of anilines is 1. The average molecular weight is 389 g/mol. The molecule has 1 aliphatic carbocycles. The standard InChI is InChI=1S/C19H18F3N5O/c20-19(21,22)15-9-14(6-5-12(15)10-23)27-17-4-2-1-3-16(17)26(18(27)28)11-13-7-8-24-25-13/h5-9,16-17H,1-4,11H2,(H,24,25). The van der Waals surface area contributed by atoms with Gasteiger partial charge in [-0.05, 0) is 37.1 Å². The third-order valence-electron chi connectivity index (χ3n) is 5.48. The van der Waals surface area contributed by atoms with Crippen LogP contribution in [-0.2, 0) is 12.7 Å². The first kappa shape index (κ1) is 18.3. The molecular formula is C19H18F3N5O. The molecule has 2 unspecified atom stereocenters. The predicted octanol–water partition coefficient (Wildman–Crippen LogP) is 4.05. The molecule has 1 aromatic heterocycles. The molecule has 1 saturated heterocycles. The van der Waals surface area contributed by atoms with Crippen LogP contribution < -0.4 is 4.90 Å². The maximum atomic E-state index is 13.4. The molecule has 0 bridgehead atoms. The number of halogens is 3. The number of aromatic amines is 1. The number of carbonyl (C=O) groups excluding carboxylic acids is 1. The van der Waals surface area contributed by atoms with E-state index in [0.29, 0.717) is 12.2 Å². The van der Waals surface area contributed by atoms with Gasteiger partial charge in [-0.3, -0.25) is 10.00 Å². The van der Waals surface area contributed by atoms with E-state index in [4.69, 9.17) is 5.26 Å². The number of urea groups is 1. The van der Waals surface area contributed by atoms with Gasteiger partial charge in [-0.1, -0.05) is 12.8 Å². The van der Waals surface area contributed by atoms with E-state index < -0.39 is 17.3 Å². The molecule has 6 nitrogen and oxygen atoms in total. The van der Waals surface area contributed by atoms with Gasteiger partial charge in [-0.25, -0.2) is 4.79 Å². The highest BCUT2D eigenvalue weighted by atomic mass is 19.4. The maximum Gasteiger partial charge on any atom is 0.417 e. The van der Waals surface area contributed by atoms with Crippen molar-refractivity contribution in [2.24, 2.45) is 0 Å². The van der Waals surface area contributed by atoms with Crippen LogP contribution in [0, 0.1) is 11.3 Å². The Morgan fingerprint density at radius 2 is 1.96 bits per heavy atom. The lowest BCUT2D eigenvalue weighted by Gasteiger charge is -2.31. The molecular weight excluding hydrogens is 371 g/mol. The number of carbonyl (C=O) groups is 1.